The molecule has 0 saturated carbocycles. The minimum absolute atomic E-state index is 0.222. The molecule has 0 fully saturated rings. The van der Waals surface area contributed by atoms with Crippen molar-refractivity contribution < 1.29 is 13.6 Å². The molecule has 0 radical (unpaired) electrons. The van der Waals surface area contributed by atoms with Gasteiger partial charge in [-0.3, -0.25) is 4.79 Å². The van der Waals surface area contributed by atoms with E-state index in [-0.39, 0.29) is 11.7 Å². The van der Waals surface area contributed by atoms with E-state index in [9.17, 15) is 9.18 Å². The summed E-state index contributed by atoms with van der Waals surface area (Å²) < 4.78 is 19.2. The second-order valence-corrected chi connectivity index (χ2v) is 4.63. The van der Waals surface area contributed by atoms with Gasteiger partial charge in [-0.15, -0.1) is 0 Å². The van der Waals surface area contributed by atoms with Crippen LogP contribution in [0.3, 0.4) is 0 Å². The maximum atomic E-state index is 13.9. The van der Waals surface area contributed by atoms with E-state index in [0.29, 0.717) is 23.5 Å². The highest BCUT2D eigenvalue weighted by atomic mass is 19.1. The molecule has 5 heteroatoms. The maximum absolute atomic E-state index is 13.9. The van der Waals surface area contributed by atoms with Crippen molar-refractivity contribution in [3.05, 3.63) is 59.8 Å². The SMILES string of the molecule is CC(=O)N1N=C(c2ccco2)C[C@@H]1c1ccccc1F. The highest BCUT2D eigenvalue weighted by Gasteiger charge is 2.33. The third-order valence-corrected chi connectivity index (χ3v) is 3.30. The lowest BCUT2D eigenvalue weighted by atomic mass is 10.0. The summed E-state index contributed by atoms with van der Waals surface area (Å²) in [5, 5.41) is 5.58. The molecule has 0 spiro atoms. The molecule has 102 valence electrons. The van der Waals surface area contributed by atoms with Crippen molar-refractivity contribution in [1.29, 1.82) is 0 Å². The van der Waals surface area contributed by atoms with Gasteiger partial charge in [-0.1, -0.05) is 18.2 Å². The van der Waals surface area contributed by atoms with Crippen LogP contribution in [-0.2, 0) is 4.79 Å². The van der Waals surface area contributed by atoms with Gasteiger partial charge in [0.05, 0.1) is 12.3 Å². The van der Waals surface area contributed by atoms with Crippen molar-refractivity contribution in [2.75, 3.05) is 0 Å². The molecule has 1 amide bonds. The van der Waals surface area contributed by atoms with Gasteiger partial charge in [-0.2, -0.15) is 5.10 Å². The molecule has 0 bridgehead atoms. The Morgan fingerprint density at radius 3 is 2.80 bits per heavy atom. The standard InChI is InChI=1S/C15H13FN2O2/c1-10(19)18-14(11-5-2-3-6-12(11)16)9-13(17-18)15-7-4-8-20-15/h2-8,14H,9H2,1H3/t14-/m1/s1. The summed E-state index contributed by atoms with van der Waals surface area (Å²) in [4.78, 5) is 11.7. The number of hydrogen-bond acceptors (Lipinski definition) is 3. The van der Waals surface area contributed by atoms with E-state index >= 15 is 0 Å². The molecule has 0 aliphatic carbocycles. The van der Waals surface area contributed by atoms with E-state index in [1.54, 1.807) is 36.6 Å². The van der Waals surface area contributed by atoms with Gasteiger partial charge < -0.3 is 4.42 Å². The summed E-state index contributed by atoms with van der Waals surface area (Å²) in [6.45, 7) is 1.42. The normalized spacial score (nSPS) is 18.2. The monoisotopic (exact) mass is 272 g/mol. The molecule has 1 aromatic heterocycles. The Bertz CT molecular complexity index is 664. The molecular formula is C15H13FN2O2. The van der Waals surface area contributed by atoms with Gasteiger partial charge in [0.2, 0.25) is 5.91 Å². The predicted octanol–water partition coefficient (Wildman–Crippen LogP) is 3.12. The molecule has 1 atom stereocenters. The zero-order chi connectivity index (χ0) is 14.1. The first-order valence-corrected chi connectivity index (χ1v) is 6.32. The fraction of sp³-hybridized carbons (Fsp3) is 0.200. The maximum Gasteiger partial charge on any atom is 0.240 e. The highest BCUT2D eigenvalue weighted by Crippen LogP contribution is 2.33. The predicted molar refractivity (Wildman–Crippen MR) is 71.5 cm³/mol. The Hall–Kier alpha value is -2.43. The van der Waals surface area contributed by atoms with Gasteiger partial charge >= 0.3 is 0 Å². The lowest BCUT2D eigenvalue weighted by molar-refractivity contribution is -0.130. The summed E-state index contributed by atoms with van der Waals surface area (Å²) in [7, 11) is 0. The molecule has 20 heavy (non-hydrogen) atoms. The first-order chi connectivity index (χ1) is 9.66. The molecule has 0 saturated heterocycles. The molecule has 0 N–H and O–H groups in total. The molecule has 1 aliphatic heterocycles. The topological polar surface area (TPSA) is 45.8 Å². The fourth-order valence-corrected chi connectivity index (χ4v) is 2.38. The van der Waals surface area contributed by atoms with Crippen LogP contribution < -0.4 is 0 Å². The number of nitrogens with zero attached hydrogens (tertiary/aromatic N) is 2. The zero-order valence-corrected chi connectivity index (χ0v) is 10.9. The van der Waals surface area contributed by atoms with Crippen molar-refractivity contribution in [3.8, 4) is 0 Å². The van der Waals surface area contributed by atoms with E-state index in [1.165, 1.54) is 18.0 Å². The molecule has 1 aromatic carbocycles. The summed E-state index contributed by atoms with van der Waals surface area (Å²) >= 11 is 0. The number of furan rings is 1. The number of hydrazone groups is 1. The molecule has 2 heterocycles. The number of amides is 1. The number of hydrogen-bond donors (Lipinski definition) is 0. The lowest BCUT2D eigenvalue weighted by Gasteiger charge is -2.20. The fourth-order valence-electron chi connectivity index (χ4n) is 2.38. The average Bonchev–Trinajstić information content (AvgIpc) is 3.08. The van der Waals surface area contributed by atoms with Crippen molar-refractivity contribution in [2.24, 2.45) is 5.10 Å². The van der Waals surface area contributed by atoms with Crippen LogP contribution in [0.1, 0.15) is 30.7 Å². The van der Waals surface area contributed by atoms with Gasteiger partial charge in [0, 0.05) is 18.9 Å². The van der Waals surface area contributed by atoms with Crippen LogP contribution in [0.25, 0.3) is 0 Å². The van der Waals surface area contributed by atoms with E-state index in [4.69, 9.17) is 4.42 Å². The van der Waals surface area contributed by atoms with Crippen LogP contribution >= 0.6 is 0 Å². The smallest absolute Gasteiger partial charge is 0.240 e. The minimum atomic E-state index is -0.422. The number of rotatable bonds is 2. The van der Waals surface area contributed by atoms with Crippen LogP contribution in [0.5, 0.6) is 0 Å². The zero-order valence-electron chi connectivity index (χ0n) is 10.9. The molecule has 1 aliphatic rings. The Morgan fingerprint density at radius 1 is 1.35 bits per heavy atom. The Morgan fingerprint density at radius 2 is 2.15 bits per heavy atom. The van der Waals surface area contributed by atoms with E-state index in [2.05, 4.69) is 5.10 Å². The van der Waals surface area contributed by atoms with Gasteiger partial charge in [0.1, 0.15) is 17.3 Å². The summed E-state index contributed by atoms with van der Waals surface area (Å²) in [6, 6.07) is 9.55. The first-order valence-electron chi connectivity index (χ1n) is 6.32. The van der Waals surface area contributed by atoms with Crippen molar-refractivity contribution in [3.63, 3.8) is 0 Å². The summed E-state index contributed by atoms with van der Waals surface area (Å²) in [6.07, 6.45) is 1.99. The van der Waals surface area contributed by atoms with Crippen LogP contribution in [-0.4, -0.2) is 16.6 Å². The molecular weight excluding hydrogens is 259 g/mol. The van der Waals surface area contributed by atoms with Gasteiger partial charge in [0.15, 0.2) is 0 Å². The third-order valence-electron chi connectivity index (χ3n) is 3.30. The molecule has 3 rings (SSSR count). The first kappa shape index (κ1) is 12.6. The van der Waals surface area contributed by atoms with Crippen LogP contribution in [0, 0.1) is 5.82 Å². The van der Waals surface area contributed by atoms with Crippen LogP contribution in [0.15, 0.2) is 52.2 Å². The van der Waals surface area contributed by atoms with Crippen LogP contribution in [0.2, 0.25) is 0 Å². The third kappa shape index (κ3) is 2.11. The number of benzene rings is 1. The minimum Gasteiger partial charge on any atom is -0.463 e. The Balaban J connectivity index is 1.98. The number of halogens is 1. The quantitative estimate of drug-likeness (QED) is 0.843. The highest BCUT2D eigenvalue weighted by molar-refractivity contribution is 6.00. The number of carbonyl (C=O) groups excluding carboxylic acids is 1. The summed E-state index contributed by atoms with van der Waals surface area (Å²) in [5.41, 5.74) is 1.12. The van der Waals surface area contributed by atoms with Gasteiger partial charge in [0.25, 0.3) is 0 Å². The Kier molecular flexibility index (Phi) is 3.10. The second kappa shape index (κ2) is 4.92. The summed E-state index contributed by atoms with van der Waals surface area (Å²) in [5.74, 6) is 0.0505. The average molecular weight is 272 g/mol. The molecule has 0 unspecified atom stereocenters. The lowest BCUT2D eigenvalue weighted by Crippen LogP contribution is -2.25. The Labute approximate surface area is 115 Å². The second-order valence-electron chi connectivity index (χ2n) is 4.63. The van der Waals surface area contributed by atoms with Gasteiger partial charge in [-0.05, 0) is 18.2 Å². The van der Waals surface area contributed by atoms with Crippen molar-refractivity contribution in [1.82, 2.24) is 5.01 Å². The molecule has 4 nitrogen and oxygen atoms in total. The van der Waals surface area contributed by atoms with Gasteiger partial charge in [-0.25, -0.2) is 9.40 Å². The number of carbonyl (C=O) groups is 1. The van der Waals surface area contributed by atoms with Crippen molar-refractivity contribution >= 4 is 11.6 Å². The largest absolute Gasteiger partial charge is 0.463 e. The van der Waals surface area contributed by atoms with Crippen LogP contribution in [0.4, 0.5) is 4.39 Å². The van der Waals surface area contributed by atoms with E-state index in [0.717, 1.165) is 0 Å². The molecule has 2 aromatic rings. The van der Waals surface area contributed by atoms with E-state index < -0.39 is 6.04 Å². The van der Waals surface area contributed by atoms with Crippen molar-refractivity contribution in [2.45, 2.75) is 19.4 Å². The van der Waals surface area contributed by atoms with E-state index in [1.807, 2.05) is 0 Å².